The summed E-state index contributed by atoms with van der Waals surface area (Å²) >= 11 is 0. The highest BCUT2D eigenvalue weighted by Gasteiger charge is 2.45. The van der Waals surface area contributed by atoms with Gasteiger partial charge in [0.2, 0.25) is 0 Å². The lowest BCUT2D eigenvalue weighted by Crippen LogP contribution is -2.61. The second kappa shape index (κ2) is 23.6. The van der Waals surface area contributed by atoms with Gasteiger partial charge in [-0.05, 0) is 124 Å². The summed E-state index contributed by atoms with van der Waals surface area (Å²) in [5.41, 5.74) is -0.838. The van der Waals surface area contributed by atoms with E-state index in [1.165, 1.54) is 24.1 Å². The minimum Gasteiger partial charge on any atom is -0.464 e. The van der Waals surface area contributed by atoms with Crippen LogP contribution in [-0.4, -0.2) is 110 Å². The van der Waals surface area contributed by atoms with Crippen molar-refractivity contribution in [3.8, 4) is 22.5 Å². The molecule has 1 aliphatic rings. The maximum Gasteiger partial charge on any atom is 0.430 e. The largest absolute Gasteiger partial charge is 0.464 e. The van der Waals surface area contributed by atoms with Crippen LogP contribution in [0.4, 0.5) is 27.6 Å². The van der Waals surface area contributed by atoms with Crippen molar-refractivity contribution in [3.63, 3.8) is 0 Å². The highest BCUT2D eigenvalue weighted by Crippen LogP contribution is 2.43. The number of ether oxygens (including phenoxy) is 6. The van der Waals surface area contributed by atoms with Crippen molar-refractivity contribution < 1.29 is 70.0 Å². The van der Waals surface area contributed by atoms with E-state index in [-0.39, 0.29) is 61.8 Å². The van der Waals surface area contributed by atoms with E-state index in [0.29, 0.717) is 34.2 Å². The Kier molecular flexibility index (Phi) is 18.1. The number of oxazole rings is 1. The van der Waals surface area contributed by atoms with Crippen molar-refractivity contribution >= 4 is 41.1 Å². The monoisotopic (exact) mass is 1080 g/mol. The molecular formula is C56H71F3N6O12. The number of benzene rings is 2. The first kappa shape index (κ1) is 59.1. The molecule has 21 heteroatoms. The Morgan fingerprint density at radius 3 is 2.13 bits per heavy atom. The van der Waals surface area contributed by atoms with Crippen LogP contribution in [0.1, 0.15) is 125 Å². The number of esters is 2. The number of rotatable bonds is 16. The predicted octanol–water partition coefficient (Wildman–Crippen LogP) is 11.5. The van der Waals surface area contributed by atoms with Gasteiger partial charge in [-0.3, -0.25) is 4.98 Å². The third-order valence-electron chi connectivity index (χ3n) is 11.9. The number of methoxy groups -OCH3 is 1. The van der Waals surface area contributed by atoms with E-state index in [2.05, 4.69) is 15.3 Å². The van der Waals surface area contributed by atoms with Crippen LogP contribution in [-0.2, 0) is 64.0 Å². The maximum absolute atomic E-state index is 14.9. The fraction of sp³-hybridized carbons (Fsp3) is 0.518. The van der Waals surface area contributed by atoms with E-state index in [0.717, 1.165) is 15.6 Å². The summed E-state index contributed by atoms with van der Waals surface area (Å²) in [7, 11) is 1.47. The summed E-state index contributed by atoms with van der Waals surface area (Å²) in [6.07, 6.45) is -4.97. The molecule has 3 amide bonds. The second-order valence-corrected chi connectivity index (χ2v) is 22.7. The van der Waals surface area contributed by atoms with Crippen LogP contribution in [0.5, 0.6) is 0 Å². The molecule has 6 rings (SSSR count). The molecule has 5 aromatic rings. The van der Waals surface area contributed by atoms with Crippen molar-refractivity contribution in [3.05, 3.63) is 95.8 Å². The molecule has 0 unspecified atom stereocenters. The second-order valence-electron chi connectivity index (χ2n) is 22.7. The molecule has 77 heavy (non-hydrogen) atoms. The lowest BCUT2D eigenvalue weighted by Gasteiger charge is -2.43. The van der Waals surface area contributed by atoms with Crippen LogP contribution in [0.15, 0.2) is 77.5 Å². The van der Waals surface area contributed by atoms with Gasteiger partial charge in [-0.2, -0.15) is 18.2 Å². The highest BCUT2D eigenvalue weighted by molar-refractivity contribution is 5.95. The molecule has 2 aromatic carbocycles. The maximum atomic E-state index is 14.9. The van der Waals surface area contributed by atoms with Crippen LogP contribution in [0.25, 0.3) is 33.4 Å². The molecule has 1 N–H and O–H groups in total. The normalized spacial score (nSPS) is 15.4. The number of hydrogen-bond acceptors (Lipinski definition) is 14. The molecule has 1 fully saturated rings. The van der Waals surface area contributed by atoms with Crippen molar-refractivity contribution in [1.29, 1.82) is 0 Å². The molecular weight excluding hydrogens is 1010 g/mol. The fourth-order valence-electron chi connectivity index (χ4n) is 8.62. The number of hydrogen-bond donors (Lipinski definition) is 1. The number of halogens is 3. The molecule has 0 spiro atoms. The van der Waals surface area contributed by atoms with Crippen molar-refractivity contribution in [2.75, 3.05) is 20.3 Å². The van der Waals surface area contributed by atoms with Crippen molar-refractivity contribution in [1.82, 2.24) is 29.9 Å². The van der Waals surface area contributed by atoms with Gasteiger partial charge in [-0.15, -0.1) is 0 Å². The zero-order valence-corrected chi connectivity index (χ0v) is 46.1. The Morgan fingerprint density at radius 1 is 0.831 bits per heavy atom. The van der Waals surface area contributed by atoms with Crippen LogP contribution in [0.2, 0.25) is 0 Å². The summed E-state index contributed by atoms with van der Waals surface area (Å²) in [5.74, 6) is -1.58. The Morgan fingerprint density at radius 2 is 1.49 bits per heavy atom. The fourth-order valence-corrected chi connectivity index (χ4v) is 8.62. The number of hydrazine groups is 1. The molecule has 1 saturated heterocycles. The first-order valence-corrected chi connectivity index (χ1v) is 25.4. The van der Waals surface area contributed by atoms with Gasteiger partial charge in [-0.1, -0.05) is 50.2 Å². The first-order chi connectivity index (χ1) is 35.8. The van der Waals surface area contributed by atoms with Gasteiger partial charge in [-0.25, -0.2) is 34.0 Å². The topological polar surface area (TPSA) is 203 Å². The summed E-state index contributed by atoms with van der Waals surface area (Å²) in [6.45, 7) is 18.6. The van der Waals surface area contributed by atoms with Gasteiger partial charge < -0.3 is 42.7 Å². The predicted molar refractivity (Wildman–Crippen MR) is 278 cm³/mol. The molecule has 0 radical (unpaired) electrons. The number of carbonyl (C=O) groups excluding carboxylic acids is 5. The molecule has 4 heterocycles. The Bertz CT molecular complexity index is 2900. The number of amides is 3. The Balaban J connectivity index is 1.39. The van der Waals surface area contributed by atoms with Crippen molar-refractivity contribution in [2.45, 2.75) is 163 Å². The van der Waals surface area contributed by atoms with Crippen LogP contribution in [0.3, 0.4) is 0 Å². The van der Waals surface area contributed by atoms with Gasteiger partial charge in [0.1, 0.15) is 48.0 Å². The number of fused-ring (bicyclic) bond motifs is 1. The molecule has 1 aliphatic heterocycles. The van der Waals surface area contributed by atoms with E-state index in [1.807, 2.05) is 6.07 Å². The molecule has 418 valence electrons. The quantitative estimate of drug-likeness (QED) is 0.0722. The summed E-state index contributed by atoms with van der Waals surface area (Å²) in [5, 5.41) is 4.95. The number of alkyl halides is 3. The summed E-state index contributed by atoms with van der Waals surface area (Å²) in [6, 6.07) is 14.5. The number of aromatic nitrogens is 3. The van der Waals surface area contributed by atoms with E-state index < -0.39 is 83.3 Å². The van der Waals surface area contributed by atoms with Gasteiger partial charge in [0.05, 0.1) is 30.5 Å². The van der Waals surface area contributed by atoms with Crippen LogP contribution >= 0.6 is 0 Å². The van der Waals surface area contributed by atoms with E-state index in [4.69, 9.17) is 32.8 Å². The van der Waals surface area contributed by atoms with Gasteiger partial charge in [0.25, 0.3) is 0 Å². The van der Waals surface area contributed by atoms with E-state index >= 15 is 0 Å². The number of pyridine rings is 1. The van der Waals surface area contributed by atoms with E-state index in [9.17, 15) is 37.1 Å². The van der Waals surface area contributed by atoms with Crippen LogP contribution < -0.4 is 5.32 Å². The number of alkyl carbamates (subject to hydrolysis) is 1. The van der Waals surface area contributed by atoms with E-state index in [1.54, 1.807) is 138 Å². The molecule has 18 nitrogen and oxygen atoms in total. The average molecular weight is 1080 g/mol. The van der Waals surface area contributed by atoms with Gasteiger partial charge in [0.15, 0.2) is 11.9 Å². The summed E-state index contributed by atoms with van der Waals surface area (Å²) in [4.78, 5) is 77.3. The molecule has 0 saturated carbocycles. The Labute approximate surface area is 446 Å². The lowest BCUT2D eigenvalue weighted by molar-refractivity contribution is -0.164. The molecule has 3 atom stereocenters. The average Bonchev–Trinajstić information content (AvgIpc) is 3.95. The third-order valence-corrected chi connectivity index (χ3v) is 11.9. The third kappa shape index (κ3) is 16.2. The van der Waals surface area contributed by atoms with Gasteiger partial charge >= 0.3 is 36.4 Å². The zero-order chi connectivity index (χ0) is 56.8. The van der Waals surface area contributed by atoms with Crippen molar-refractivity contribution in [2.24, 2.45) is 5.41 Å². The Hall–Kier alpha value is -7.16. The van der Waals surface area contributed by atoms with Gasteiger partial charge in [0, 0.05) is 47.3 Å². The molecule has 0 bridgehead atoms. The highest BCUT2D eigenvalue weighted by atomic mass is 19.4. The lowest BCUT2D eigenvalue weighted by atomic mass is 9.84. The summed E-state index contributed by atoms with van der Waals surface area (Å²) < 4.78 is 85.7. The minimum absolute atomic E-state index is 0.0221. The zero-order valence-electron chi connectivity index (χ0n) is 46.1. The number of nitrogens with one attached hydrogen (secondary N) is 1. The van der Waals surface area contributed by atoms with Crippen LogP contribution in [0, 0.1) is 5.41 Å². The first-order valence-electron chi connectivity index (χ1n) is 25.4. The number of carbonyl (C=O) groups is 5. The molecule has 3 aromatic heterocycles. The number of nitrogens with zero attached hydrogens (tertiary/aromatic N) is 5. The minimum atomic E-state index is -4.70. The standard InChI is InChI=1S/C56H71F3N6O12/c1-34(71-13)45-37(21-17-25-60-45)46-39(29-55(11,12)33-74-48(67)43-22-18-26-64(50(69)76-53(5,6)7)65(43)51(70)77-54(8,9)10)38-27-36(23-24-42(38)63(46)32-56(57,58)59)41-31-72-44(61-41)28-40(47(66)75-52(2,3)4)62-49(68)73-30-35-19-15-14-16-20-35/h14-17,19-21,23-25,27,31,34,40,43H,18,22,26,28-30,32-33H2,1-13H3,(H,62,68)/t34-,40-,43-/m0/s1. The SMILES string of the molecule is CO[C@@H](C)c1ncccc1-c1c(CC(C)(C)COC(=O)[C@@H]2CCCN(C(=O)OC(C)(C)C)N2C(=O)OC(C)(C)C)c2cc(-c3coc(C[C@H](NC(=O)OCc4ccccc4)C(=O)OC(C)(C)C)n3)ccc2n1CC(F)(F)F. The molecule has 0 aliphatic carbocycles. The smallest absolute Gasteiger partial charge is 0.430 e.